The zero-order chi connectivity index (χ0) is 65.7. The van der Waals surface area contributed by atoms with Crippen molar-refractivity contribution in [2.24, 2.45) is 45.7 Å². The number of guanidine groups is 1. The van der Waals surface area contributed by atoms with Gasteiger partial charge in [-0.3, -0.25) is 52.9 Å². The lowest BCUT2D eigenvalue weighted by molar-refractivity contribution is -0.143. The number of unbranched alkanes of at least 4 members (excludes halogenated alkanes) is 1. The molecule has 0 saturated heterocycles. The van der Waals surface area contributed by atoms with Crippen molar-refractivity contribution >= 4 is 94.6 Å². The predicted molar refractivity (Wildman–Crippen MR) is 326 cm³/mol. The fraction of sp³-hybridized carbons (Fsp3) is 0.643. The Morgan fingerprint density at radius 2 is 1.00 bits per heavy atom. The number of H-pyrrole nitrogens is 1. The summed E-state index contributed by atoms with van der Waals surface area (Å²) in [6, 6.07) is -7.61. The average molecular weight is 1250 g/mol. The van der Waals surface area contributed by atoms with E-state index in [1.165, 1.54) is 0 Å². The summed E-state index contributed by atoms with van der Waals surface area (Å²) in [5, 5.41) is 64.2. The number of carboxylic acids is 2. The number of nitrogens with two attached hydrogens (primary N) is 4. The molecule has 0 aliphatic rings. The summed E-state index contributed by atoms with van der Waals surface area (Å²) in [5.41, 5.74) is 23.9. The molecule has 0 aliphatic heterocycles. The molecule has 0 aliphatic carbocycles. The molecule has 22 N–H and O–H groups in total. The number of thiol groups is 1. The number of rotatable bonds is 41. The number of aliphatic carboxylic acids is 2. The van der Waals surface area contributed by atoms with Gasteiger partial charge in [-0.2, -0.15) is 12.6 Å². The van der Waals surface area contributed by atoms with E-state index in [1.54, 1.807) is 72.0 Å². The quantitative estimate of drug-likeness (QED) is 0.0136. The molecule has 488 valence electrons. The van der Waals surface area contributed by atoms with E-state index in [1.807, 2.05) is 0 Å². The maximum atomic E-state index is 14.3. The van der Waals surface area contributed by atoms with E-state index in [-0.39, 0.29) is 93.9 Å². The monoisotopic (exact) mass is 1250 g/mol. The molecule has 0 unspecified atom stereocenters. The number of carbonyl (C=O) groups excluding carboxylic acids is 9. The Hall–Kier alpha value is -7.61. The van der Waals surface area contributed by atoms with Crippen LogP contribution in [0.15, 0.2) is 35.5 Å². The number of nitrogens with one attached hydrogen (secondary N) is 10. The number of carboxylic acid groups (broad SMARTS) is 2. The number of amides is 9. The largest absolute Gasteiger partial charge is 0.481 e. The Morgan fingerprint density at radius 1 is 0.563 bits per heavy atom. The minimum atomic E-state index is -1.82. The molecule has 0 radical (unpaired) electrons. The molecule has 2 aromatic rings. The summed E-state index contributed by atoms with van der Waals surface area (Å²) < 4.78 is 0. The van der Waals surface area contributed by atoms with Gasteiger partial charge < -0.3 is 96.2 Å². The number of aliphatic hydroxyl groups is 2. The number of nitrogens with zero attached hydrogens (tertiary/aromatic N) is 1. The molecule has 30 nitrogen and oxygen atoms in total. The lowest BCUT2D eigenvalue weighted by Crippen LogP contribution is -2.62. The molecule has 0 saturated carbocycles. The van der Waals surface area contributed by atoms with Gasteiger partial charge in [-0.15, -0.1) is 0 Å². The second-order valence-electron chi connectivity index (χ2n) is 22.6. The van der Waals surface area contributed by atoms with Crippen LogP contribution in [0, 0.1) is 17.8 Å². The molecule has 1 aromatic heterocycles. The molecule has 1 heterocycles. The first-order valence-electron chi connectivity index (χ1n) is 29.1. The Kier molecular flexibility index (Phi) is 33.4. The van der Waals surface area contributed by atoms with Crippen LogP contribution in [0.25, 0.3) is 10.9 Å². The maximum Gasteiger partial charge on any atom is 0.326 e. The van der Waals surface area contributed by atoms with Gasteiger partial charge in [0.05, 0.1) is 18.8 Å². The van der Waals surface area contributed by atoms with Crippen molar-refractivity contribution in [3.8, 4) is 0 Å². The molecule has 9 amide bonds. The number of aromatic amines is 1. The van der Waals surface area contributed by atoms with Crippen molar-refractivity contribution in [3.63, 3.8) is 0 Å². The first-order chi connectivity index (χ1) is 40.9. The molecule has 0 bridgehead atoms. The van der Waals surface area contributed by atoms with E-state index in [0.717, 1.165) is 6.92 Å². The standard InChI is InChI=1S/C56H93N15O15S/c1-28(2)21-39(66-46(76)34(58)27-87)50(80)67-40(22-29(3)4)52(82)71-45(31(7)73)54(84)65-38(17-18-44(74)75)49(79)63-36(15-10-11-19-57)48(78)70-43(26-72)53(83)64-37(16-12-20-61-56(59)60)47(77)68-41(51(81)69-42(55(85)86)23-30(5)6)24-32-25-62-35-14-9-8-13-33(32)35/h8-9,13-14,25,28-31,34,36-43,45,62,72-73,87H,10-12,15-24,26-27,57-58H2,1-7H3,(H,63,79)(H,64,83)(H,65,84)(H,66,76)(H,67,80)(H,68,77)(H,69,81)(H,70,78)(H,71,82)(H,74,75)(H,85,86)(H4,59,60,61)/t31-,34+,36+,37+,38+,39+,40+,41+,42+,43+,45+/m1/s1. The van der Waals surface area contributed by atoms with Crippen LogP contribution in [0.2, 0.25) is 0 Å². The van der Waals surface area contributed by atoms with Crippen LogP contribution < -0.4 is 70.8 Å². The topological polar surface area (TPSA) is 509 Å². The van der Waals surface area contributed by atoms with Gasteiger partial charge in [0.2, 0.25) is 53.2 Å². The molecule has 2 rings (SSSR count). The van der Waals surface area contributed by atoms with Crippen LogP contribution in [0.4, 0.5) is 0 Å². The highest BCUT2D eigenvalue weighted by molar-refractivity contribution is 7.80. The molecule has 87 heavy (non-hydrogen) atoms. The number of aliphatic imine (C=N–C) groups is 1. The molecule has 0 spiro atoms. The van der Waals surface area contributed by atoms with Crippen molar-refractivity contribution in [1.29, 1.82) is 0 Å². The SMILES string of the molecule is CC(C)C[C@H](NC(=O)[C@H](Cc1c[nH]c2ccccc12)NC(=O)[C@H](CCCN=C(N)N)NC(=O)[C@H](CO)NC(=O)[C@H](CCCCN)NC(=O)[C@H](CCC(=O)O)NC(=O)[C@@H](NC(=O)[C@H](CC(C)C)NC(=O)[C@H](CC(C)C)NC(=O)[C@@H](N)CS)[C@@H](C)O)C(=O)O. The van der Waals surface area contributed by atoms with Crippen molar-refractivity contribution in [1.82, 2.24) is 52.8 Å². The fourth-order valence-corrected chi connectivity index (χ4v) is 9.18. The predicted octanol–water partition coefficient (Wildman–Crippen LogP) is -3.03. The van der Waals surface area contributed by atoms with Gasteiger partial charge in [0.1, 0.15) is 54.4 Å². The Labute approximate surface area is 511 Å². The summed E-state index contributed by atoms with van der Waals surface area (Å²) in [5.74, 6) is -12.1. The summed E-state index contributed by atoms with van der Waals surface area (Å²) in [7, 11) is 0. The van der Waals surface area contributed by atoms with Crippen molar-refractivity contribution in [2.75, 3.05) is 25.4 Å². The third-order valence-corrected chi connectivity index (χ3v) is 14.0. The van der Waals surface area contributed by atoms with Crippen molar-refractivity contribution in [2.45, 2.75) is 186 Å². The van der Waals surface area contributed by atoms with E-state index in [9.17, 15) is 73.2 Å². The highest BCUT2D eigenvalue weighted by atomic mass is 32.1. The van der Waals surface area contributed by atoms with Crippen molar-refractivity contribution < 1.29 is 73.2 Å². The fourth-order valence-electron chi connectivity index (χ4n) is 9.01. The van der Waals surface area contributed by atoms with Crippen LogP contribution in [-0.4, -0.2) is 188 Å². The number of carbonyl (C=O) groups is 11. The smallest absolute Gasteiger partial charge is 0.326 e. The zero-order valence-electron chi connectivity index (χ0n) is 50.6. The van der Waals surface area contributed by atoms with Gasteiger partial charge in [0.25, 0.3) is 0 Å². The second kappa shape index (κ2) is 38.5. The number of hydrogen-bond acceptors (Lipinski definition) is 17. The van der Waals surface area contributed by atoms with Crippen LogP contribution >= 0.6 is 12.6 Å². The molecule has 1 aromatic carbocycles. The summed E-state index contributed by atoms with van der Waals surface area (Å²) in [6.07, 6.45) is -1.05. The highest BCUT2D eigenvalue weighted by Gasteiger charge is 2.37. The maximum absolute atomic E-state index is 14.3. The van der Waals surface area contributed by atoms with Gasteiger partial charge in [-0.25, -0.2) is 4.79 Å². The number of aromatic nitrogens is 1. The Morgan fingerprint density at radius 3 is 1.51 bits per heavy atom. The molecular weight excluding hydrogens is 1150 g/mol. The summed E-state index contributed by atoms with van der Waals surface area (Å²) in [6.45, 7) is 10.8. The van der Waals surface area contributed by atoms with E-state index in [4.69, 9.17) is 22.9 Å². The number of para-hydroxylation sites is 1. The normalized spacial score (nSPS) is 15.2. The van der Waals surface area contributed by atoms with E-state index in [2.05, 4.69) is 70.5 Å². The van der Waals surface area contributed by atoms with E-state index in [0.29, 0.717) is 22.9 Å². The van der Waals surface area contributed by atoms with E-state index >= 15 is 0 Å². The average Bonchev–Trinajstić information content (AvgIpc) is 2.44. The summed E-state index contributed by atoms with van der Waals surface area (Å²) >= 11 is 4.04. The first-order valence-corrected chi connectivity index (χ1v) is 29.7. The Bertz CT molecular complexity index is 2650. The minimum absolute atomic E-state index is 0.0150. The van der Waals surface area contributed by atoms with Gasteiger partial charge in [-0.1, -0.05) is 59.7 Å². The molecule has 31 heteroatoms. The van der Waals surface area contributed by atoms with Crippen molar-refractivity contribution in [3.05, 3.63) is 36.0 Å². The van der Waals surface area contributed by atoms with Gasteiger partial charge >= 0.3 is 11.9 Å². The van der Waals surface area contributed by atoms with Gasteiger partial charge in [0, 0.05) is 42.2 Å². The summed E-state index contributed by atoms with van der Waals surface area (Å²) in [4.78, 5) is 156. The minimum Gasteiger partial charge on any atom is -0.481 e. The highest BCUT2D eigenvalue weighted by Crippen LogP contribution is 2.20. The third kappa shape index (κ3) is 27.3. The lowest BCUT2D eigenvalue weighted by Gasteiger charge is -2.29. The molecular formula is C56H93N15O15S. The van der Waals surface area contributed by atoms with E-state index < -0.39 is 151 Å². The van der Waals surface area contributed by atoms with Crippen LogP contribution in [0.3, 0.4) is 0 Å². The number of fused-ring (bicyclic) bond motifs is 1. The zero-order valence-corrected chi connectivity index (χ0v) is 51.5. The van der Waals surface area contributed by atoms with Gasteiger partial charge in [0.15, 0.2) is 5.96 Å². The number of benzene rings is 1. The van der Waals surface area contributed by atoms with Crippen LogP contribution in [0.5, 0.6) is 0 Å². The number of hydrogen-bond donors (Lipinski definition) is 19. The lowest BCUT2D eigenvalue weighted by atomic mass is 9.99. The molecule has 11 atom stereocenters. The first kappa shape index (κ1) is 75.5. The third-order valence-electron chi connectivity index (χ3n) is 13.6. The molecule has 0 fully saturated rings. The second-order valence-corrected chi connectivity index (χ2v) is 23.0. The number of aliphatic hydroxyl groups excluding tert-OH is 2. The Balaban J connectivity index is 2.48. The van der Waals surface area contributed by atoms with Crippen LogP contribution in [-0.2, 0) is 59.2 Å². The van der Waals surface area contributed by atoms with Crippen LogP contribution in [0.1, 0.15) is 118 Å². The van der Waals surface area contributed by atoms with Gasteiger partial charge in [-0.05, 0) is 101 Å².